The normalized spacial score (nSPS) is 23.3. The molecule has 13 nitrogen and oxygen atoms in total. The first-order valence-electron chi connectivity index (χ1n) is 14.2. The summed E-state index contributed by atoms with van der Waals surface area (Å²) in [5.74, 6) is -4.21. The summed E-state index contributed by atoms with van der Waals surface area (Å²) in [4.78, 5) is 44.5. The summed E-state index contributed by atoms with van der Waals surface area (Å²) in [7, 11) is -2.08. The van der Waals surface area contributed by atoms with Gasteiger partial charge in [0.25, 0.3) is 27.4 Å². The van der Waals surface area contributed by atoms with Gasteiger partial charge in [-0.05, 0) is 49.6 Å². The predicted octanol–water partition coefficient (Wildman–Crippen LogP) is 2.66. The van der Waals surface area contributed by atoms with Gasteiger partial charge in [0.05, 0.1) is 4.92 Å². The Morgan fingerprint density at radius 3 is 2.45 bits per heavy atom. The van der Waals surface area contributed by atoms with Crippen LogP contribution in [0, 0.1) is 24.0 Å². The number of nitrogens with one attached hydrogen (secondary N) is 2. The van der Waals surface area contributed by atoms with Crippen LogP contribution >= 0.6 is 0 Å². The van der Waals surface area contributed by atoms with E-state index in [1.54, 1.807) is 32.0 Å². The van der Waals surface area contributed by atoms with Crippen molar-refractivity contribution in [2.45, 2.75) is 50.0 Å². The van der Waals surface area contributed by atoms with Gasteiger partial charge < -0.3 is 25.0 Å². The lowest BCUT2D eigenvalue weighted by Crippen LogP contribution is -2.60. The number of piperazine rings is 1. The van der Waals surface area contributed by atoms with Gasteiger partial charge in [0, 0.05) is 43.4 Å². The summed E-state index contributed by atoms with van der Waals surface area (Å²) in [6, 6.07) is 8.76. The summed E-state index contributed by atoms with van der Waals surface area (Å²) in [5.41, 5.74) is -1.89. The number of rotatable bonds is 6. The Balaban J connectivity index is 1.48. The minimum absolute atomic E-state index is 0.0482. The van der Waals surface area contributed by atoms with Crippen LogP contribution in [0.3, 0.4) is 0 Å². The number of hydrogen-bond donors (Lipinski definition) is 3. The largest absolute Gasteiger partial charge is 0.454 e. The van der Waals surface area contributed by atoms with E-state index in [-0.39, 0.29) is 52.2 Å². The minimum atomic E-state index is -3.99. The summed E-state index contributed by atoms with van der Waals surface area (Å²) in [5, 5.41) is 26.8. The molecule has 0 bridgehead atoms. The molecular formula is C30H33N5O8S. The standard InChI is InChI=1S/C30H33N5O8S/c1-16(2)19-9-10-21-23(15-19)43-30(38)24-20(7-6-8-22(24)35(39)40)26(36)29(21,30)32-27(37)25-17(3)18(4)28(31-25)44(41,42)34-13-11-33(5)12-14-34/h6-10,15-16,31,38H,11-14H2,1-5H3,(H,32,37). The highest BCUT2D eigenvalue weighted by Gasteiger charge is 2.73. The zero-order valence-corrected chi connectivity index (χ0v) is 25.7. The number of nitro benzene ring substituents is 1. The minimum Gasteiger partial charge on any atom is -0.454 e. The maximum absolute atomic E-state index is 14.3. The molecule has 2 unspecified atom stereocenters. The first-order chi connectivity index (χ1) is 20.6. The van der Waals surface area contributed by atoms with Crippen molar-refractivity contribution in [3.8, 4) is 5.75 Å². The van der Waals surface area contributed by atoms with Gasteiger partial charge in [-0.3, -0.25) is 19.7 Å². The fourth-order valence-corrected chi connectivity index (χ4v) is 8.08. The van der Waals surface area contributed by atoms with E-state index in [0.29, 0.717) is 24.2 Å². The van der Waals surface area contributed by atoms with Crippen LogP contribution in [0.25, 0.3) is 0 Å². The summed E-state index contributed by atoms with van der Waals surface area (Å²) in [6.07, 6.45) is 0. The van der Waals surface area contributed by atoms with Gasteiger partial charge in [-0.25, -0.2) is 8.42 Å². The number of nitrogens with zero attached hydrogens (tertiary/aromatic N) is 3. The van der Waals surface area contributed by atoms with Crippen LogP contribution in [0.2, 0.25) is 0 Å². The van der Waals surface area contributed by atoms with E-state index in [2.05, 4.69) is 10.3 Å². The van der Waals surface area contributed by atoms with Crippen LogP contribution in [-0.2, 0) is 21.3 Å². The number of benzene rings is 2. The number of carbonyl (C=O) groups excluding carboxylic acids is 2. The van der Waals surface area contributed by atoms with Gasteiger partial charge in [-0.2, -0.15) is 4.31 Å². The molecule has 0 spiro atoms. The first-order valence-corrected chi connectivity index (χ1v) is 15.7. The Morgan fingerprint density at radius 2 is 1.82 bits per heavy atom. The molecule has 2 aliphatic heterocycles. The highest BCUT2D eigenvalue weighted by atomic mass is 32.2. The molecule has 3 N–H and O–H groups in total. The third-order valence-electron chi connectivity index (χ3n) is 9.11. The van der Waals surface area contributed by atoms with Crippen molar-refractivity contribution in [2.24, 2.45) is 0 Å². The van der Waals surface area contributed by atoms with Crippen molar-refractivity contribution in [1.82, 2.24) is 19.5 Å². The van der Waals surface area contributed by atoms with Crippen molar-refractivity contribution in [3.05, 3.63) is 85.6 Å². The molecule has 3 aromatic rings. The zero-order chi connectivity index (χ0) is 31.9. The molecule has 1 saturated heterocycles. The number of aliphatic hydroxyl groups is 1. The number of sulfonamides is 1. The average molecular weight is 624 g/mol. The average Bonchev–Trinajstić information content (AvgIpc) is 3.49. The third-order valence-corrected chi connectivity index (χ3v) is 11.1. The van der Waals surface area contributed by atoms with Gasteiger partial charge >= 0.3 is 0 Å². The number of ketones is 1. The molecule has 1 fully saturated rings. The number of ether oxygens (including phenoxy) is 1. The number of aromatic amines is 1. The second kappa shape index (κ2) is 9.95. The van der Waals surface area contributed by atoms with E-state index in [9.17, 15) is 33.2 Å². The molecule has 2 aromatic carbocycles. The molecule has 3 heterocycles. The number of hydrogen-bond acceptors (Lipinski definition) is 9. The molecular weight excluding hydrogens is 590 g/mol. The topological polar surface area (TPSA) is 175 Å². The van der Waals surface area contributed by atoms with E-state index < -0.39 is 43.7 Å². The lowest BCUT2D eigenvalue weighted by molar-refractivity contribution is -0.388. The zero-order valence-electron chi connectivity index (χ0n) is 24.9. The van der Waals surface area contributed by atoms with E-state index in [4.69, 9.17) is 4.74 Å². The molecule has 1 amide bonds. The predicted molar refractivity (Wildman–Crippen MR) is 158 cm³/mol. The number of amides is 1. The third kappa shape index (κ3) is 3.98. The van der Waals surface area contributed by atoms with Gasteiger partial charge in [0.15, 0.2) is 5.03 Å². The van der Waals surface area contributed by atoms with Crippen LogP contribution in [0.4, 0.5) is 5.69 Å². The fraction of sp³-hybridized carbons (Fsp3) is 0.400. The van der Waals surface area contributed by atoms with Crippen molar-refractivity contribution in [1.29, 1.82) is 0 Å². The summed E-state index contributed by atoms with van der Waals surface area (Å²) >= 11 is 0. The number of nitro groups is 1. The molecule has 0 radical (unpaired) electrons. The van der Waals surface area contributed by atoms with Gasteiger partial charge in [0.1, 0.15) is 17.0 Å². The van der Waals surface area contributed by atoms with Crippen molar-refractivity contribution >= 4 is 27.4 Å². The van der Waals surface area contributed by atoms with Gasteiger partial charge in [0.2, 0.25) is 11.3 Å². The van der Waals surface area contributed by atoms with Crippen LogP contribution in [0.5, 0.6) is 5.75 Å². The molecule has 14 heteroatoms. The monoisotopic (exact) mass is 623 g/mol. The number of aromatic nitrogens is 1. The number of carbonyl (C=O) groups is 2. The number of H-pyrrole nitrogens is 1. The number of likely N-dealkylation sites (N-methyl/N-ethyl adjacent to an activating group) is 1. The lowest BCUT2D eigenvalue weighted by Gasteiger charge is -2.34. The van der Waals surface area contributed by atoms with E-state index in [0.717, 1.165) is 11.6 Å². The second-order valence-corrected chi connectivity index (χ2v) is 13.8. The van der Waals surface area contributed by atoms with Crippen molar-refractivity contribution < 1.29 is 32.8 Å². The summed E-state index contributed by atoms with van der Waals surface area (Å²) in [6.45, 7) is 8.73. The van der Waals surface area contributed by atoms with Crippen LogP contribution in [-0.4, -0.2) is 77.6 Å². The highest BCUT2D eigenvalue weighted by molar-refractivity contribution is 7.89. The van der Waals surface area contributed by atoms with Gasteiger partial charge in [-0.1, -0.05) is 38.1 Å². The smallest absolute Gasteiger partial charge is 0.280 e. The molecule has 2 atom stereocenters. The first kappa shape index (κ1) is 29.9. The SMILES string of the molecule is Cc1c(C(=O)NC23C(=O)c4cccc([N+](=O)[O-])c4C2(O)Oc2cc(C(C)C)ccc23)[nH]c(S(=O)(=O)N2CCN(C)CC2)c1C. The van der Waals surface area contributed by atoms with Crippen molar-refractivity contribution in [2.75, 3.05) is 33.2 Å². The second-order valence-electron chi connectivity index (χ2n) is 11.9. The Labute approximate surface area is 254 Å². The molecule has 232 valence electrons. The van der Waals surface area contributed by atoms with E-state index in [1.807, 2.05) is 25.8 Å². The Kier molecular flexibility index (Phi) is 6.77. The lowest BCUT2D eigenvalue weighted by atomic mass is 9.82. The quantitative estimate of drug-likeness (QED) is 0.275. The van der Waals surface area contributed by atoms with Gasteiger partial charge in [-0.15, -0.1) is 0 Å². The van der Waals surface area contributed by atoms with E-state index >= 15 is 0 Å². The van der Waals surface area contributed by atoms with Crippen molar-refractivity contribution in [3.63, 3.8) is 0 Å². The maximum atomic E-state index is 14.3. The fourth-order valence-electron chi connectivity index (χ4n) is 6.41. The summed E-state index contributed by atoms with van der Waals surface area (Å²) < 4.78 is 34.6. The Bertz CT molecular complexity index is 1860. The highest BCUT2D eigenvalue weighted by Crippen LogP contribution is 2.60. The van der Waals surface area contributed by atoms with Crippen LogP contribution in [0.15, 0.2) is 41.4 Å². The maximum Gasteiger partial charge on any atom is 0.280 e. The number of fused-ring (bicyclic) bond motifs is 5. The molecule has 0 saturated carbocycles. The Morgan fingerprint density at radius 1 is 1.14 bits per heavy atom. The Hall–Kier alpha value is -4.11. The van der Waals surface area contributed by atoms with Crippen LogP contribution in [0.1, 0.15) is 68.4 Å². The number of Topliss-reactive ketones (excluding diaryl/α,β-unsaturated/α-hetero) is 1. The molecule has 3 aliphatic rings. The molecule has 1 aromatic heterocycles. The van der Waals surface area contributed by atoms with E-state index in [1.165, 1.54) is 16.4 Å². The van der Waals surface area contributed by atoms with Crippen LogP contribution < -0.4 is 10.1 Å². The molecule has 1 aliphatic carbocycles. The molecule has 44 heavy (non-hydrogen) atoms. The molecule has 6 rings (SSSR count).